The number of rotatable bonds is 7. The molecule has 1 saturated carbocycles. The summed E-state index contributed by atoms with van der Waals surface area (Å²) >= 11 is 12.9. The maximum atomic E-state index is 12.1. The van der Waals surface area contributed by atoms with Crippen molar-refractivity contribution in [3.05, 3.63) is 58.6 Å². The number of aliphatic hydroxyl groups is 1. The smallest absolute Gasteiger partial charge is 0.229 e. The predicted octanol–water partition coefficient (Wildman–Crippen LogP) is 4.84. The number of fused-ring (bicyclic) bond motifs is 1. The van der Waals surface area contributed by atoms with Gasteiger partial charge in [0.15, 0.2) is 17.0 Å². The molecule has 3 heterocycles. The van der Waals surface area contributed by atoms with Crippen LogP contribution in [0, 0.1) is 5.41 Å². The van der Waals surface area contributed by atoms with Gasteiger partial charge >= 0.3 is 0 Å². The normalized spacial score (nSPS) is 17.7. The van der Waals surface area contributed by atoms with Crippen molar-refractivity contribution in [2.24, 2.45) is 11.1 Å². The molecular formula is C29H31Cl2N7O2. The molecule has 3 N–H and O–H groups in total. The van der Waals surface area contributed by atoms with Gasteiger partial charge in [-0.2, -0.15) is 9.97 Å². The lowest BCUT2D eigenvalue weighted by Crippen LogP contribution is -2.45. The first-order valence-electron chi connectivity index (χ1n) is 13.4. The van der Waals surface area contributed by atoms with E-state index in [1.165, 1.54) is 0 Å². The van der Waals surface area contributed by atoms with Crippen LogP contribution in [-0.2, 0) is 4.79 Å². The van der Waals surface area contributed by atoms with Crippen molar-refractivity contribution in [3.63, 3.8) is 0 Å². The van der Waals surface area contributed by atoms with Crippen LogP contribution < -0.4 is 15.5 Å². The van der Waals surface area contributed by atoms with E-state index in [9.17, 15) is 9.90 Å². The van der Waals surface area contributed by atoms with Gasteiger partial charge in [0.25, 0.3) is 0 Å². The molecule has 1 saturated heterocycles. The van der Waals surface area contributed by atoms with Crippen LogP contribution in [0.25, 0.3) is 28.2 Å². The lowest BCUT2D eigenvalue weighted by molar-refractivity contribution is -0.127. The number of nitrogens with zero attached hydrogens (tertiary/aromatic N) is 6. The molecule has 208 valence electrons. The summed E-state index contributed by atoms with van der Waals surface area (Å²) in [5.74, 6) is 1.48. The molecule has 2 aromatic heterocycles. The molecule has 9 nitrogen and oxygen atoms in total. The molecule has 1 aliphatic carbocycles. The van der Waals surface area contributed by atoms with E-state index in [4.69, 9.17) is 43.9 Å². The van der Waals surface area contributed by atoms with Crippen LogP contribution in [-0.4, -0.2) is 62.8 Å². The Balaban J connectivity index is 1.57. The molecule has 4 aromatic rings. The quantitative estimate of drug-likeness (QED) is 0.322. The van der Waals surface area contributed by atoms with E-state index in [0.717, 1.165) is 24.1 Å². The summed E-state index contributed by atoms with van der Waals surface area (Å²) in [6.45, 7) is 3.52. The third-order valence-electron chi connectivity index (χ3n) is 8.14. The number of primary amides is 1. The van der Waals surface area contributed by atoms with Crippen molar-refractivity contribution in [1.82, 2.24) is 19.5 Å². The second-order valence-corrected chi connectivity index (χ2v) is 12.1. The van der Waals surface area contributed by atoms with Crippen molar-refractivity contribution >= 4 is 52.0 Å². The van der Waals surface area contributed by atoms with Crippen LogP contribution in [0.15, 0.2) is 48.5 Å². The Morgan fingerprint density at radius 3 is 2.33 bits per heavy atom. The highest BCUT2D eigenvalue weighted by Gasteiger charge is 2.42. The van der Waals surface area contributed by atoms with Crippen molar-refractivity contribution in [2.75, 3.05) is 36.5 Å². The average molecular weight is 581 g/mol. The minimum Gasteiger partial charge on any atom is -0.388 e. The maximum absolute atomic E-state index is 12.1. The van der Waals surface area contributed by atoms with Crippen LogP contribution in [0.5, 0.6) is 0 Å². The van der Waals surface area contributed by atoms with E-state index < -0.39 is 11.0 Å². The molecule has 0 bridgehead atoms. The number of carbonyl (C=O) groups excluding carboxylic acids is 1. The number of imidazole rings is 1. The van der Waals surface area contributed by atoms with Crippen molar-refractivity contribution in [1.29, 1.82) is 0 Å². The molecule has 0 unspecified atom stereocenters. The molecule has 1 amide bonds. The number of halogens is 2. The first-order chi connectivity index (χ1) is 19.1. The summed E-state index contributed by atoms with van der Waals surface area (Å²) < 4.78 is 1.97. The fourth-order valence-corrected chi connectivity index (χ4v) is 5.60. The van der Waals surface area contributed by atoms with Crippen LogP contribution in [0.3, 0.4) is 0 Å². The highest BCUT2D eigenvalue weighted by Crippen LogP contribution is 2.40. The molecule has 0 atom stereocenters. The monoisotopic (exact) mass is 579 g/mol. The fraction of sp³-hybridized carbons (Fsp3) is 0.379. The number of piperidine rings is 1. The largest absolute Gasteiger partial charge is 0.388 e. The van der Waals surface area contributed by atoms with E-state index in [2.05, 4.69) is 4.90 Å². The third-order valence-corrected chi connectivity index (χ3v) is 8.72. The Labute approximate surface area is 242 Å². The summed E-state index contributed by atoms with van der Waals surface area (Å²) in [5.41, 5.74) is 7.24. The summed E-state index contributed by atoms with van der Waals surface area (Å²) in [7, 11) is 1.89. The average Bonchev–Trinajstić information content (AvgIpc) is 3.53. The summed E-state index contributed by atoms with van der Waals surface area (Å²) in [6, 6.07) is 15.0. The minimum absolute atomic E-state index is 0.286. The van der Waals surface area contributed by atoms with Crippen LogP contribution in [0.2, 0.25) is 10.0 Å². The number of hydrogen-bond donors (Lipinski definition) is 2. The van der Waals surface area contributed by atoms with Gasteiger partial charge in [-0.15, -0.1) is 0 Å². The first-order valence-corrected chi connectivity index (χ1v) is 14.1. The van der Waals surface area contributed by atoms with Gasteiger partial charge in [0.05, 0.1) is 10.6 Å². The molecular weight excluding hydrogens is 549 g/mol. The Kier molecular flexibility index (Phi) is 6.64. The standard InChI is InChI=1S/C29H31Cl2N7O2/c1-28(26(32)39)13-15-37(16-14-28)24-22-25(35-27(34-24)36(2)17-29(40)11-12-29)38(19-9-7-18(30)8-10-19)23(33-22)20-5-3-4-6-21(20)31/h3-10,40H,11-17H2,1-2H3,(H2,32,39). The van der Waals surface area contributed by atoms with Gasteiger partial charge in [0.1, 0.15) is 5.82 Å². The second-order valence-electron chi connectivity index (χ2n) is 11.2. The van der Waals surface area contributed by atoms with E-state index in [1.54, 1.807) is 0 Å². The van der Waals surface area contributed by atoms with Crippen LogP contribution >= 0.6 is 23.2 Å². The van der Waals surface area contributed by atoms with Crippen molar-refractivity contribution in [3.8, 4) is 17.1 Å². The highest BCUT2D eigenvalue weighted by molar-refractivity contribution is 6.33. The zero-order valence-electron chi connectivity index (χ0n) is 22.4. The van der Waals surface area contributed by atoms with Crippen LogP contribution in [0.4, 0.5) is 11.8 Å². The minimum atomic E-state index is -0.721. The molecule has 6 rings (SSSR count). The van der Waals surface area contributed by atoms with E-state index in [-0.39, 0.29) is 5.91 Å². The van der Waals surface area contributed by atoms with Gasteiger partial charge in [0, 0.05) is 48.4 Å². The topological polar surface area (TPSA) is 113 Å². The number of nitrogens with two attached hydrogens (primary N) is 1. The Morgan fingerprint density at radius 2 is 1.70 bits per heavy atom. The summed E-state index contributed by atoms with van der Waals surface area (Å²) in [5, 5.41) is 11.8. The van der Waals surface area contributed by atoms with Gasteiger partial charge in [-0.1, -0.05) is 42.3 Å². The number of benzene rings is 2. The van der Waals surface area contributed by atoms with Gasteiger partial charge in [0.2, 0.25) is 11.9 Å². The molecule has 0 radical (unpaired) electrons. The van der Waals surface area contributed by atoms with E-state index in [0.29, 0.717) is 71.3 Å². The Bertz CT molecular complexity index is 1590. The number of aromatic nitrogens is 4. The molecule has 2 fully saturated rings. The number of likely N-dealkylation sites (N-methyl/N-ethyl adjacent to an activating group) is 1. The number of anilines is 2. The summed E-state index contributed by atoms with van der Waals surface area (Å²) in [4.78, 5) is 31.3. The molecule has 11 heteroatoms. The SMILES string of the molecule is CN(CC1(O)CC1)c1nc(N2CCC(C)(C(N)=O)CC2)c2nc(-c3ccccc3Cl)n(-c3ccc(Cl)cc3)c2n1. The lowest BCUT2D eigenvalue weighted by atomic mass is 9.80. The van der Waals surface area contributed by atoms with Gasteiger partial charge < -0.3 is 20.6 Å². The first kappa shape index (κ1) is 26.8. The van der Waals surface area contributed by atoms with Crippen LogP contribution in [0.1, 0.15) is 32.6 Å². The zero-order valence-corrected chi connectivity index (χ0v) is 24.0. The zero-order chi connectivity index (χ0) is 28.2. The molecule has 1 aliphatic heterocycles. The molecule has 0 spiro atoms. The van der Waals surface area contributed by atoms with Crippen molar-refractivity contribution in [2.45, 2.75) is 38.2 Å². The van der Waals surface area contributed by atoms with E-state index >= 15 is 0 Å². The van der Waals surface area contributed by atoms with Gasteiger partial charge in [-0.25, -0.2) is 4.98 Å². The predicted molar refractivity (Wildman–Crippen MR) is 158 cm³/mol. The number of amides is 1. The van der Waals surface area contributed by atoms with E-state index in [1.807, 2.05) is 72.0 Å². The summed E-state index contributed by atoms with van der Waals surface area (Å²) in [6.07, 6.45) is 2.72. The lowest BCUT2D eigenvalue weighted by Gasteiger charge is -2.38. The second kappa shape index (κ2) is 9.90. The van der Waals surface area contributed by atoms with Gasteiger partial charge in [-0.05, 0) is 62.1 Å². The highest BCUT2D eigenvalue weighted by atomic mass is 35.5. The number of hydrogen-bond acceptors (Lipinski definition) is 7. The maximum Gasteiger partial charge on any atom is 0.229 e. The number of carbonyl (C=O) groups is 1. The fourth-order valence-electron chi connectivity index (χ4n) is 5.25. The Hall–Kier alpha value is -3.40. The third kappa shape index (κ3) is 4.87. The molecule has 2 aromatic carbocycles. The van der Waals surface area contributed by atoms with Crippen molar-refractivity contribution < 1.29 is 9.90 Å². The Morgan fingerprint density at radius 1 is 1.02 bits per heavy atom. The van der Waals surface area contributed by atoms with Gasteiger partial charge in [-0.3, -0.25) is 9.36 Å². The molecule has 40 heavy (non-hydrogen) atoms. The molecule has 2 aliphatic rings.